The Kier molecular flexibility index (Phi) is 7.98. The first-order chi connectivity index (χ1) is 13.9. The summed E-state index contributed by atoms with van der Waals surface area (Å²) in [4.78, 5) is 16.2. The molecule has 0 saturated carbocycles. The summed E-state index contributed by atoms with van der Waals surface area (Å²) < 4.78 is 5.17. The summed E-state index contributed by atoms with van der Waals surface area (Å²) in [5.74, 6) is 0.601. The van der Waals surface area contributed by atoms with Gasteiger partial charge in [-0.2, -0.15) is 0 Å². The first-order valence-electron chi connectivity index (χ1n) is 9.22. The van der Waals surface area contributed by atoms with Crippen molar-refractivity contribution < 1.29 is 9.53 Å². The molecular weight excluding hydrogens is 362 g/mol. The molecule has 0 atom stereocenters. The summed E-state index contributed by atoms with van der Waals surface area (Å²) >= 11 is 0. The van der Waals surface area contributed by atoms with E-state index in [4.69, 9.17) is 10.5 Å². The number of methoxy groups -OCH3 is 1. The molecule has 0 saturated heterocycles. The number of carbonyl (C=O) groups is 1. The Hall–Kier alpha value is -3.60. The molecule has 5 nitrogen and oxygen atoms in total. The molecule has 1 amide bonds. The number of nitrogens with two attached hydrogens (primary N) is 1. The van der Waals surface area contributed by atoms with E-state index in [0.29, 0.717) is 12.2 Å². The second-order valence-electron chi connectivity index (χ2n) is 6.53. The molecule has 0 unspecified atom stereocenters. The lowest BCUT2D eigenvalue weighted by atomic mass is 9.99. The van der Waals surface area contributed by atoms with Gasteiger partial charge in [-0.25, -0.2) is 0 Å². The average Bonchev–Trinajstić information content (AvgIpc) is 2.73. The number of nitrogen functional groups attached to an aromatic ring is 1. The van der Waals surface area contributed by atoms with Crippen molar-refractivity contribution in [2.45, 2.75) is 13.5 Å². The second kappa shape index (κ2) is 10.7. The summed E-state index contributed by atoms with van der Waals surface area (Å²) in [6.07, 6.45) is 5.16. The van der Waals surface area contributed by atoms with Gasteiger partial charge in [0.1, 0.15) is 12.3 Å². The van der Waals surface area contributed by atoms with Crippen LogP contribution in [0, 0.1) is 0 Å². The summed E-state index contributed by atoms with van der Waals surface area (Å²) in [5.41, 5.74) is 11.3. The Morgan fingerprint density at radius 1 is 1.28 bits per heavy atom. The molecule has 150 valence electrons. The highest BCUT2D eigenvalue weighted by Gasteiger charge is 2.04. The number of anilines is 1. The molecule has 0 aromatic heterocycles. The number of nitrogens with one attached hydrogen (secondary N) is 1. The summed E-state index contributed by atoms with van der Waals surface area (Å²) in [5, 5.41) is 2.84. The van der Waals surface area contributed by atoms with Crippen LogP contribution in [0.1, 0.15) is 23.6 Å². The summed E-state index contributed by atoms with van der Waals surface area (Å²) in [6.45, 7) is 10.2. The lowest BCUT2D eigenvalue weighted by Crippen LogP contribution is -2.25. The lowest BCUT2D eigenvalue weighted by molar-refractivity contribution is -0.119. The van der Waals surface area contributed by atoms with E-state index >= 15 is 0 Å². The molecule has 2 aromatic rings. The zero-order valence-corrected chi connectivity index (χ0v) is 16.9. The fourth-order valence-corrected chi connectivity index (χ4v) is 2.70. The van der Waals surface area contributed by atoms with Gasteiger partial charge in [-0.15, -0.1) is 0 Å². The quantitative estimate of drug-likeness (QED) is 0.382. The largest absolute Gasteiger partial charge is 0.497 e. The molecular formula is C24H27N3O2. The standard InChI is InChI=1S/C24H27N3O2/c1-5-19(20-9-10-23(25)22(14-20)17(2)3)11-12-26-16-24(28)27-15-18-7-6-8-21(13-18)29-4/h5-14H,1-2,15-16,25H2,3-4H3,(H,27,28)/b19-11+,26-12?. The van der Waals surface area contributed by atoms with Crippen LogP contribution < -0.4 is 15.8 Å². The summed E-state index contributed by atoms with van der Waals surface area (Å²) in [7, 11) is 1.61. The molecule has 0 heterocycles. The normalized spacial score (nSPS) is 11.3. The Morgan fingerprint density at radius 2 is 2.07 bits per heavy atom. The summed E-state index contributed by atoms with van der Waals surface area (Å²) in [6, 6.07) is 13.3. The highest BCUT2D eigenvalue weighted by atomic mass is 16.5. The van der Waals surface area contributed by atoms with Crippen molar-refractivity contribution in [1.82, 2.24) is 5.32 Å². The van der Waals surface area contributed by atoms with E-state index in [2.05, 4.69) is 23.5 Å². The van der Waals surface area contributed by atoms with Gasteiger partial charge in [-0.05, 0) is 59.5 Å². The van der Waals surface area contributed by atoms with Gasteiger partial charge in [-0.3, -0.25) is 9.79 Å². The number of nitrogens with zero attached hydrogens (tertiary/aromatic N) is 1. The molecule has 0 fully saturated rings. The van der Waals surface area contributed by atoms with Gasteiger partial charge < -0.3 is 15.8 Å². The fourth-order valence-electron chi connectivity index (χ4n) is 2.70. The van der Waals surface area contributed by atoms with Gasteiger partial charge in [-0.1, -0.05) is 37.4 Å². The molecule has 5 heteroatoms. The number of amides is 1. The zero-order valence-electron chi connectivity index (χ0n) is 16.9. The van der Waals surface area contributed by atoms with Crippen molar-refractivity contribution in [3.8, 4) is 5.75 Å². The van der Waals surface area contributed by atoms with E-state index < -0.39 is 0 Å². The third-order valence-electron chi connectivity index (χ3n) is 4.28. The van der Waals surface area contributed by atoms with Crippen LogP contribution in [0.25, 0.3) is 11.1 Å². The molecule has 0 aliphatic carbocycles. The van der Waals surface area contributed by atoms with Crippen molar-refractivity contribution in [1.29, 1.82) is 0 Å². The van der Waals surface area contributed by atoms with Crippen LogP contribution in [0.5, 0.6) is 5.75 Å². The molecule has 29 heavy (non-hydrogen) atoms. The fraction of sp³-hybridized carbons (Fsp3) is 0.167. The Bertz CT molecular complexity index is 958. The van der Waals surface area contributed by atoms with E-state index in [1.54, 1.807) is 19.4 Å². The maximum atomic E-state index is 12.0. The number of ether oxygens (including phenoxy) is 1. The third-order valence-corrected chi connectivity index (χ3v) is 4.28. The van der Waals surface area contributed by atoms with Gasteiger partial charge in [0.2, 0.25) is 5.91 Å². The molecule has 3 N–H and O–H groups in total. The lowest BCUT2D eigenvalue weighted by Gasteiger charge is -2.09. The smallest absolute Gasteiger partial charge is 0.241 e. The van der Waals surface area contributed by atoms with Gasteiger partial charge in [0, 0.05) is 24.0 Å². The Labute approximate surface area is 172 Å². The van der Waals surface area contributed by atoms with E-state index in [1.807, 2.05) is 55.5 Å². The van der Waals surface area contributed by atoms with Crippen molar-refractivity contribution >= 4 is 29.0 Å². The van der Waals surface area contributed by atoms with Crippen LogP contribution in [0.4, 0.5) is 5.69 Å². The van der Waals surface area contributed by atoms with E-state index in [0.717, 1.165) is 33.6 Å². The van der Waals surface area contributed by atoms with Crippen LogP contribution >= 0.6 is 0 Å². The number of rotatable bonds is 9. The first kappa shape index (κ1) is 21.7. The van der Waals surface area contributed by atoms with E-state index in [9.17, 15) is 4.79 Å². The van der Waals surface area contributed by atoms with Crippen molar-refractivity contribution in [2.24, 2.45) is 4.99 Å². The van der Waals surface area contributed by atoms with Gasteiger partial charge >= 0.3 is 0 Å². The van der Waals surface area contributed by atoms with Crippen molar-refractivity contribution in [3.05, 3.63) is 84.5 Å². The highest BCUT2D eigenvalue weighted by molar-refractivity contribution is 5.90. The predicted octanol–water partition coefficient (Wildman–Crippen LogP) is 4.27. The zero-order chi connectivity index (χ0) is 21.2. The van der Waals surface area contributed by atoms with Crippen molar-refractivity contribution in [2.75, 3.05) is 19.4 Å². The van der Waals surface area contributed by atoms with E-state index in [1.165, 1.54) is 0 Å². The highest BCUT2D eigenvalue weighted by Crippen LogP contribution is 2.25. The van der Waals surface area contributed by atoms with Crippen LogP contribution in [0.2, 0.25) is 0 Å². The topological polar surface area (TPSA) is 76.7 Å². The number of hydrogen-bond donors (Lipinski definition) is 2. The molecule has 0 aliphatic heterocycles. The van der Waals surface area contributed by atoms with Gasteiger partial charge in [0.15, 0.2) is 0 Å². The van der Waals surface area contributed by atoms with Gasteiger partial charge in [0.05, 0.1) is 7.11 Å². The Morgan fingerprint density at radius 3 is 2.76 bits per heavy atom. The first-order valence-corrected chi connectivity index (χ1v) is 9.22. The predicted molar refractivity (Wildman–Crippen MR) is 122 cm³/mol. The monoisotopic (exact) mass is 389 g/mol. The molecule has 0 spiro atoms. The number of hydrogen-bond acceptors (Lipinski definition) is 4. The van der Waals surface area contributed by atoms with Gasteiger partial charge in [0.25, 0.3) is 0 Å². The number of carbonyl (C=O) groups excluding carboxylic acids is 1. The van der Waals surface area contributed by atoms with Crippen molar-refractivity contribution in [3.63, 3.8) is 0 Å². The molecule has 2 rings (SSSR count). The number of allylic oxidation sites excluding steroid dienone is 4. The second-order valence-corrected chi connectivity index (χ2v) is 6.53. The minimum atomic E-state index is -0.158. The number of benzene rings is 2. The van der Waals surface area contributed by atoms with Crippen LogP contribution in [-0.4, -0.2) is 25.8 Å². The molecule has 0 radical (unpaired) electrons. The maximum absolute atomic E-state index is 12.0. The SMILES string of the molecule is C=C/C(=C\C=NCC(=O)NCc1cccc(OC)c1)c1ccc(N)c(C(=C)C)c1. The molecule has 2 aromatic carbocycles. The number of aliphatic imine (C=N–C) groups is 1. The molecule has 0 aliphatic rings. The Balaban J connectivity index is 1.95. The molecule has 0 bridgehead atoms. The van der Waals surface area contributed by atoms with Crippen LogP contribution in [0.3, 0.4) is 0 Å². The van der Waals surface area contributed by atoms with E-state index in [-0.39, 0.29) is 12.5 Å². The minimum Gasteiger partial charge on any atom is -0.497 e. The average molecular weight is 389 g/mol. The van der Waals surface area contributed by atoms with Crippen LogP contribution in [-0.2, 0) is 11.3 Å². The maximum Gasteiger partial charge on any atom is 0.241 e. The van der Waals surface area contributed by atoms with Crippen LogP contribution in [0.15, 0.2) is 72.8 Å². The third kappa shape index (κ3) is 6.50. The minimum absolute atomic E-state index is 0.0453.